The molecule has 0 aromatic carbocycles. The molecule has 4 heterocycles. The summed E-state index contributed by atoms with van der Waals surface area (Å²) < 4.78 is 66.0. The third-order valence-corrected chi connectivity index (χ3v) is 17.4. The molecular formula is C53H84O26. The van der Waals surface area contributed by atoms with Gasteiger partial charge in [-0.1, -0.05) is 12.2 Å². The van der Waals surface area contributed by atoms with E-state index in [9.17, 15) is 76.0 Å². The smallest absolute Gasteiger partial charge is 0.330 e. The van der Waals surface area contributed by atoms with Gasteiger partial charge in [0.25, 0.3) is 0 Å². The minimum atomic E-state index is -2.02. The number of aliphatic hydroxyl groups excluding tert-OH is 13. The number of hydrogen-bond acceptors (Lipinski definition) is 26. The predicted octanol–water partition coefficient (Wildman–Crippen LogP) is -3.77. The lowest BCUT2D eigenvalue weighted by atomic mass is 9.73. The van der Waals surface area contributed by atoms with Crippen LogP contribution in [0.2, 0.25) is 0 Å². The topological polar surface area (TPSA) is 399 Å². The van der Waals surface area contributed by atoms with Crippen LogP contribution in [0.25, 0.3) is 0 Å². The van der Waals surface area contributed by atoms with E-state index in [2.05, 4.69) is 0 Å². The maximum Gasteiger partial charge on any atom is 0.330 e. The fraction of sp³-hybridized carbons (Fsp3) is 0.887. The molecule has 0 aromatic rings. The van der Waals surface area contributed by atoms with E-state index in [1.165, 1.54) is 20.3 Å². The van der Waals surface area contributed by atoms with Crippen molar-refractivity contribution in [2.24, 2.45) is 23.7 Å². The molecule has 13 N–H and O–H groups in total. The highest BCUT2D eigenvalue weighted by atomic mass is 16.8. The van der Waals surface area contributed by atoms with Gasteiger partial charge in [0.05, 0.1) is 74.3 Å². The van der Waals surface area contributed by atoms with Crippen LogP contribution in [-0.4, -0.2) is 266 Å². The molecule has 4 saturated heterocycles. The van der Waals surface area contributed by atoms with E-state index in [4.69, 9.17) is 52.1 Å². The summed E-state index contributed by atoms with van der Waals surface area (Å²) in [6.45, 7) is -2.23. The predicted molar refractivity (Wildman–Crippen MR) is 264 cm³/mol. The second-order valence-corrected chi connectivity index (χ2v) is 22.7. The average Bonchev–Trinajstić information content (AvgIpc) is 3.58. The number of carbonyl (C=O) groups excluding carboxylic acids is 2. The monoisotopic (exact) mass is 1140 g/mol. The minimum Gasteiger partial charge on any atom is -0.460 e. The number of fused-ring (bicyclic) bond motifs is 1. The largest absolute Gasteiger partial charge is 0.460 e. The van der Waals surface area contributed by atoms with E-state index in [1.807, 2.05) is 0 Å². The van der Waals surface area contributed by atoms with Crippen molar-refractivity contribution in [3.63, 3.8) is 0 Å². The van der Waals surface area contributed by atoms with Gasteiger partial charge in [0.2, 0.25) is 0 Å². The maximum atomic E-state index is 13.3. The highest BCUT2D eigenvalue weighted by molar-refractivity contribution is 5.82. The van der Waals surface area contributed by atoms with Gasteiger partial charge in [-0.2, -0.15) is 0 Å². The molecule has 0 aromatic heterocycles. The third kappa shape index (κ3) is 15.1. The number of hydrogen-bond donors (Lipinski definition) is 13. The molecule has 0 amide bonds. The van der Waals surface area contributed by atoms with Crippen molar-refractivity contribution in [3.8, 4) is 0 Å². The highest BCUT2D eigenvalue weighted by Crippen LogP contribution is 2.45. The lowest BCUT2D eigenvalue weighted by molar-refractivity contribution is -0.380. The van der Waals surface area contributed by atoms with Crippen LogP contribution < -0.4 is 0 Å². The Bertz CT molecular complexity index is 1970. The first kappa shape index (κ1) is 62.6. The van der Waals surface area contributed by atoms with Crippen molar-refractivity contribution in [3.05, 3.63) is 24.3 Å². The molecule has 452 valence electrons. The molecule has 79 heavy (non-hydrogen) atoms. The summed E-state index contributed by atoms with van der Waals surface area (Å²) in [6, 6.07) is 0. The SMILES string of the molecule is COC1CC(C=CC(=O)OCC2OC(OC3CC4C(OC5OC(CO)C(O)C(O)C5O)CC(O)CC4OC3C3CCC(O)CC3)C(OC3OC(CO)C(O)C(OC(=O)C=CC4CCC(O)C(OC)C4)C3O)C(O)C2O)CCC1O. The van der Waals surface area contributed by atoms with Crippen molar-refractivity contribution in [2.75, 3.05) is 34.0 Å². The lowest BCUT2D eigenvalue weighted by Crippen LogP contribution is -2.66. The summed E-state index contributed by atoms with van der Waals surface area (Å²) in [5.41, 5.74) is 0. The Kier molecular flexibility index (Phi) is 22.5. The van der Waals surface area contributed by atoms with Crippen molar-refractivity contribution >= 4 is 11.9 Å². The van der Waals surface area contributed by atoms with Gasteiger partial charge in [-0.25, -0.2) is 9.59 Å². The van der Waals surface area contributed by atoms with E-state index < -0.39 is 191 Å². The lowest BCUT2D eigenvalue weighted by Gasteiger charge is -2.53. The standard InChI is InChI=1S/C53H84O26/c1-69-33-15-23(3-11-29(33)58)5-13-39(60)71-22-38-42(63)45(66)50(79-52-47(68)49(43(64)37(21-55)76-52)78-40(61)14-6-24-4-12-30(59)34(16-24)70-2)53(77-38)74-35-19-28-31(72-48(35)25-7-9-26(56)10-8-25)17-27(57)18-32(28)73-51-46(67)44(65)41(62)36(20-54)75-51/h5-6,13-14,23-38,41-59,62-68H,3-4,7-12,15-22H2,1-2H3. The van der Waals surface area contributed by atoms with Gasteiger partial charge in [-0.15, -0.1) is 0 Å². The van der Waals surface area contributed by atoms with Gasteiger partial charge in [-0.3, -0.25) is 0 Å². The van der Waals surface area contributed by atoms with Crippen LogP contribution in [0.15, 0.2) is 24.3 Å². The van der Waals surface area contributed by atoms with Gasteiger partial charge in [-0.05, 0) is 94.8 Å². The van der Waals surface area contributed by atoms with Crippen molar-refractivity contribution < 1.29 is 128 Å². The number of aliphatic hydroxyl groups is 13. The highest BCUT2D eigenvalue weighted by Gasteiger charge is 2.56. The normalized spacial score (nSPS) is 48.1. The third-order valence-electron chi connectivity index (χ3n) is 17.4. The minimum absolute atomic E-state index is 0.0179. The Balaban J connectivity index is 1.05. The van der Waals surface area contributed by atoms with Crippen LogP contribution >= 0.6 is 0 Å². The summed E-state index contributed by atoms with van der Waals surface area (Å²) in [5.74, 6) is -3.03. The molecule has 8 fully saturated rings. The van der Waals surface area contributed by atoms with Gasteiger partial charge < -0.3 is 118 Å². The second kappa shape index (κ2) is 28.4. The van der Waals surface area contributed by atoms with Crippen LogP contribution in [0.1, 0.15) is 83.5 Å². The van der Waals surface area contributed by atoms with Crippen molar-refractivity contribution in [1.82, 2.24) is 0 Å². The molecule has 0 bridgehead atoms. The first-order valence-electron chi connectivity index (χ1n) is 27.9. The summed E-state index contributed by atoms with van der Waals surface area (Å²) in [6.07, 6.45) is -23.1. The number of ether oxygens (including phenoxy) is 11. The number of esters is 2. The summed E-state index contributed by atoms with van der Waals surface area (Å²) in [5, 5.41) is 141. The van der Waals surface area contributed by atoms with Gasteiger partial charge in [0.1, 0.15) is 73.8 Å². The molecule has 27 atom stereocenters. The van der Waals surface area contributed by atoms with Gasteiger partial charge in [0.15, 0.2) is 25.0 Å². The molecular weight excluding hydrogens is 1050 g/mol. The van der Waals surface area contributed by atoms with Crippen molar-refractivity contribution in [2.45, 2.75) is 237 Å². The zero-order chi connectivity index (χ0) is 56.8. The van der Waals surface area contributed by atoms with E-state index in [-0.39, 0.29) is 37.0 Å². The molecule has 4 aliphatic carbocycles. The zero-order valence-corrected chi connectivity index (χ0v) is 44.5. The van der Waals surface area contributed by atoms with Crippen LogP contribution in [0.4, 0.5) is 0 Å². The molecule has 0 spiro atoms. The van der Waals surface area contributed by atoms with Crippen LogP contribution in [0.5, 0.6) is 0 Å². The molecule has 26 heteroatoms. The summed E-state index contributed by atoms with van der Waals surface area (Å²) >= 11 is 0. The summed E-state index contributed by atoms with van der Waals surface area (Å²) in [7, 11) is 2.96. The maximum absolute atomic E-state index is 13.3. The fourth-order valence-corrected chi connectivity index (χ4v) is 12.7. The molecule has 26 nitrogen and oxygen atoms in total. The Morgan fingerprint density at radius 2 is 1.04 bits per heavy atom. The first-order valence-corrected chi connectivity index (χ1v) is 27.9. The second-order valence-electron chi connectivity index (χ2n) is 22.7. The van der Waals surface area contributed by atoms with Crippen molar-refractivity contribution in [1.29, 1.82) is 0 Å². The number of rotatable bonds is 18. The quantitative estimate of drug-likeness (QED) is 0.0463. The molecule has 8 aliphatic rings. The van der Waals surface area contributed by atoms with Gasteiger partial charge in [0, 0.05) is 38.7 Å². The van der Waals surface area contributed by atoms with Crippen LogP contribution in [-0.2, 0) is 61.7 Å². The number of carbonyl (C=O) groups is 2. The molecule has 4 aliphatic heterocycles. The Hall–Kier alpha value is -2.46. The Labute approximate surface area is 457 Å². The van der Waals surface area contributed by atoms with E-state index in [0.29, 0.717) is 64.2 Å². The molecule has 27 unspecified atom stereocenters. The van der Waals surface area contributed by atoms with E-state index in [1.54, 1.807) is 12.2 Å². The molecule has 0 radical (unpaired) electrons. The number of methoxy groups -OCH3 is 2. The average molecular weight is 1140 g/mol. The van der Waals surface area contributed by atoms with Crippen LogP contribution in [0, 0.1) is 23.7 Å². The van der Waals surface area contributed by atoms with E-state index >= 15 is 0 Å². The van der Waals surface area contributed by atoms with E-state index in [0.717, 1.165) is 6.08 Å². The fourth-order valence-electron chi connectivity index (χ4n) is 12.7. The molecule has 4 saturated carbocycles. The Morgan fingerprint density at radius 3 is 1.65 bits per heavy atom. The Morgan fingerprint density at radius 1 is 0.481 bits per heavy atom. The summed E-state index contributed by atoms with van der Waals surface area (Å²) in [4.78, 5) is 26.5. The first-order chi connectivity index (χ1) is 37.8. The zero-order valence-electron chi connectivity index (χ0n) is 44.5. The van der Waals surface area contributed by atoms with Gasteiger partial charge >= 0.3 is 11.9 Å². The van der Waals surface area contributed by atoms with Crippen LogP contribution in [0.3, 0.4) is 0 Å². The molecule has 8 rings (SSSR count). The number of allylic oxidation sites excluding steroid dienone is 2.